The molecule has 2 aromatic rings. The van der Waals surface area contributed by atoms with Gasteiger partial charge in [0.25, 0.3) is 0 Å². The quantitative estimate of drug-likeness (QED) is 0.521. The number of ketones is 1. The number of aryl methyl sites for hydroxylation is 1. The largest absolute Gasteiger partial charge is 0.468 e. The number of pyridine rings is 1. The number of aromatic nitrogens is 3. The van der Waals surface area contributed by atoms with Gasteiger partial charge in [0.1, 0.15) is 5.78 Å². The van der Waals surface area contributed by atoms with Crippen molar-refractivity contribution < 1.29 is 31.9 Å². The molecular formula is C24H31F3N4O4. The van der Waals surface area contributed by atoms with Gasteiger partial charge >= 0.3 is 6.18 Å². The molecule has 0 saturated carbocycles. The number of carbonyl (C=O) groups excluding carboxylic acids is 1. The Balaban J connectivity index is 1.16. The second-order valence-corrected chi connectivity index (χ2v) is 9.32. The molecule has 2 aromatic heterocycles. The third-order valence-electron chi connectivity index (χ3n) is 6.45. The molecule has 1 saturated heterocycles. The summed E-state index contributed by atoms with van der Waals surface area (Å²) in [6.07, 6.45) is 0.685. The molecule has 0 spiro atoms. The van der Waals surface area contributed by atoms with Crippen molar-refractivity contribution in [2.24, 2.45) is 5.92 Å². The summed E-state index contributed by atoms with van der Waals surface area (Å²) in [4.78, 5) is 18.9. The van der Waals surface area contributed by atoms with Crippen LogP contribution in [0.1, 0.15) is 48.7 Å². The van der Waals surface area contributed by atoms with Crippen LogP contribution in [-0.2, 0) is 28.8 Å². The van der Waals surface area contributed by atoms with E-state index in [2.05, 4.69) is 20.1 Å². The third-order valence-corrected chi connectivity index (χ3v) is 6.45. The molecule has 2 aliphatic rings. The van der Waals surface area contributed by atoms with Crippen molar-refractivity contribution in [1.29, 1.82) is 0 Å². The van der Waals surface area contributed by atoms with Crippen molar-refractivity contribution in [3.63, 3.8) is 0 Å². The van der Waals surface area contributed by atoms with Gasteiger partial charge in [0.2, 0.25) is 17.7 Å². The number of hydrogen-bond donors (Lipinski definition) is 0. The van der Waals surface area contributed by atoms with E-state index < -0.39 is 12.8 Å². The summed E-state index contributed by atoms with van der Waals surface area (Å²) in [5.74, 6) is 1.15. The maximum absolute atomic E-state index is 12.4. The van der Waals surface area contributed by atoms with Gasteiger partial charge in [-0.25, -0.2) is 4.98 Å². The van der Waals surface area contributed by atoms with Crippen LogP contribution in [-0.4, -0.2) is 71.0 Å². The Labute approximate surface area is 202 Å². The number of halogens is 3. The molecule has 1 fully saturated rings. The maximum Gasteiger partial charge on any atom is 0.422 e. The second-order valence-electron chi connectivity index (χ2n) is 9.32. The van der Waals surface area contributed by atoms with Crippen LogP contribution in [0.5, 0.6) is 5.88 Å². The van der Waals surface area contributed by atoms with E-state index in [9.17, 15) is 18.0 Å². The zero-order valence-electron chi connectivity index (χ0n) is 19.9. The predicted octanol–water partition coefficient (Wildman–Crippen LogP) is 3.50. The molecular weight excluding hydrogens is 465 g/mol. The number of ether oxygens (including phenoxy) is 2. The summed E-state index contributed by atoms with van der Waals surface area (Å²) in [7, 11) is 0. The highest BCUT2D eigenvalue weighted by Crippen LogP contribution is 2.25. The fourth-order valence-electron chi connectivity index (χ4n) is 4.62. The Morgan fingerprint density at radius 2 is 2.03 bits per heavy atom. The Bertz CT molecular complexity index is 989. The molecule has 0 aliphatic carbocycles. The van der Waals surface area contributed by atoms with Gasteiger partial charge in [-0.05, 0) is 37.2 Å². The van der Waals surface area contributed by atoms with E-state index in [0.717, 1.165) is 56.6 Å². The summed E-state index contributed by atoms with van der Waals surface area (Å²) >= 11 is 0. The molecule has 0 N–H and O–H groups in total. The highest BCUT2D eigenvalue weighted by atomic mass is 19.4. The number of fused-ring (bicyclic) bond motifs is 1. The smallest absolute Gasteiger partial charge is 0.422 e. The van der Waals surface area contributed by atoms with E-state index in [0.29, 0.717) is 31.2 Å². The molecule has 8 nitrogen and oxygen atoms in total. The topological polar surface area (TPSA) is 90.6 Å². The zero-order valence-corrected chi connectivity index (χ0v) is 19.9. The number of alkyl halides is 3. The number of hydrogen-bond acceptors (Lipinski definition) is 8. The van der Waals surface area contributed by atoms with Gasteiger partial charge in [-0.3, -0.25) is 4.79 Å². The number of carbonyl (C=O) groups is 1. The molecule has 11 heteroatoms. The molecule has 2 aliphatic heterocycles. The van der Waals surface area contributed by atoms with Crippen molar-refractivity contribution in [2.45, 2.75) is 64.1 Å². The fraction of sp³-hybridized carbons (Fsp3) is 0.667. The van der Waals surface area contributed by atoms with E-state index >= 15 is 0 Å². The SMILES string of the molecule is Cc1nnc(CC(=O)C[C@H]2CC[C@H](CCN3CCc4ccc(OCC(F)(F)F)nc4CC3)OC2)o1. The first-order valence-corrected chi connectivity index (χ1v) is 12.1. The van der Waals surface area contributed by atoms with E-state index in [1.165, 1.54) is 6.07 Å². The van der Waals surface area contributed by atoms with Gasteiger partial charge in [0, 0.05) is 51.2 Å². The summed E-state index contributed by atoms with van der Waals surface area (Å²) in [5, 5.41) is 7.62. The molecule has 2 atom stereocenters. The molecule has 0 aromatic carbocycles. The van der Waals surface area contributed by atoms with Gasteiger partial charge in [-0.15, -0.1) is 10.2 Å². The second kappa shape index (κ2) is 11.5. The number of rotatable bonds is 9. The molecule has 0 radical (unpaired) electrons. The summed E-state index contributed by atoms with van der Waals surface area (Å²) < 4.78 is 53.3. The molecule has 0 unspecified atom stereocenters. The number of nitrogens with zero attached hydrogens (tertiary/aromatic N) is 4. The van der Waals surface area contributed by atoms with Crippen LogP contribution < -0.4 is 4.74 Å². The van der Waals surface area contributed by atoms with Crippen LogP contribution in [0.2, 0.25) is 0 Å². The average molecular weight is 497 g/mol. The van der Waals surface area contributed by atoms with E-state index in [1.54, 1.807) is 6.92 Å². The predicted molar refractivity (Wildman–Crippen MR) is 119 cm³/mol. The zero-order chi connectivity index (χ0) is 24.8. The molecule has 4 heterocycles. The molecule has 192 valence electrons. The van der Waals surface area contributed by atoms with Crippen molar-refractivity contribution in [3.05, 3.63) is 35.2 Å². The first-order chi connectivity index (χ1) is 16.7. The highest BCUT2D eigenvalue weighted by Gasteiger charge is 2.29. The summed E-state index contributed by atoms with van der Waals surface area (Å²) in [6.45, 7) is 3.49. The van der Waals surface area contributed by atoms with Crippen LogP contribution in [0.25, 0.3) is 0 Å². The average Bonchev–Trinajstić information content (AvgIpc) is 3.10. The Morgan fingerprint density at radius 1 is 1.20 bits per heavy atom. The van der Waals surface area contributed by atoms with Gasteiger partial charge in [0.05, 0.1) is 19.1 Å². The Hall–Kier alpha value is -2.53. The lowest BCUT2D eigenvalue weighted by atomic mass is 9.92. The monoisotopic (exact) mass is 496 g/mol. The normalized spacial score (nSPS) is 21.4. The van der Waals surface area contributed by atoms with Crippen molar-refractivity contribution in [2.75, 3.05) is 32.8 Å². The fourth-order valence-corrected chi connectivity index (χ4v) is 4.62. The first kappa shape index (κ1) is 25.6. The lowest BCUT2D eigenvalue weighted by Gasteiger charge is -2.30. The van der Waals surface area contributed by atoms with E-state index in [-0.39, 0.29) is 30.1 Å². The maximum atomic E-state index is 12.4. The lowest BCUT2D eigenvalue weighted by Crippen LogP contribution is -2.33. The van der Waals surface area contributed by atoms with E-state index in [1.807, 2.05) is 6.07 Å². The third kappa shape index (κ3) is 7.99. The van der Waals surface area contributed by atoms with Crippen molar-refractivity contribution >= 4 is 5.78 Å². The van der Waals surface area contributed by atoms with Crippen LogP contribution >= 0.6 is 0 Å². The minimum absolute atomic E-state index is 0.0189. The minimum Gasteiger partial charge on any atom is -0.468 e. The standard InChI is InChI=1S/C24H31F3N4O4/c1-16-29-30-23(35-16)13-19(32)12-17-2-4-20(33-14-17)7-10-31-9-6-18-3-5-22(28-21(18)8-11-31)34-15-24(25,26)27/h3,5,17,20H,2,4,6-15H2,1H3/t17-,20-/m1/s1. The van der Waals surface area contributed by atoms with Gasteiger partial charge in [0.15, 0.2) is 6.61 Å². The number of Topliss-reactive ketones (excluding diaryl/α,β-unsaturated/α-hetero) is 1. The molecule has 35 heavy (non-hydrogen) atoms. The van der Waals surface area contributed by atoms with E-state index in [4.69, 9.17) is 13.9 Å². The molecule has 0 amide bonds. The first-order valence-electron chi connectivity index (χ1n) is 12.1. The van der Waals surface area contributed by atoms with Crippen molar-refractivity contribution in [3.8, 4) is 5.88 Å². The van der Waals surface area contributed by atoms with Crippen LogP contribution in [0.15, 0.2) is 16.5 Å². The summed E-state index contributed by atoms with van der Waals surface area (Å²) in [5.41, 5.74) is 1.87. The molecule has 4 rings (SSSR count). The lowest BCUT2D eigenvalue weighted by molar-refractivity contribution is -0.154. The van der Waals surface area contributed by atoms with Crippen LogP contribution in [0.3, 0.4) is 0 Å². The van der Waals surface area contributed by atoms with Gasteiger partial charge in [-0.2, -0.15) is 13.2 Å². The van der Waals surface area contributed by atoms with Crippen LogP contribution in [0.4, 0.5) is 13.2 Å². The molecule has 0 bridgehead atoms. The van der Waals surface area contributed by atoms with Crippen molar-refractivity contribution in [1.82, 2.24) is 20.1 Å². The Kier molecular flexibility index (Phi) is 8.38. The Morgan fingerprint density at radius 3 is 2.74 bits per heavy atom. The minimum atomic E-state index is -4.38. The van der Waals surface area contributed by atoms with Crippen LogP contribution in [0, 0.1) is 12.8 Å². The van der Waals surface area contributed by atoms with Gasteiger partial charge < -0.3 is 18.8 Å². The van der Waals surface area contributed by atoms with Gasteiger partial charge in [-0.1, -0.05) is 6.07 Å². The summed E-state index contributed by atoms with van der Waals surface area (Å²) in [6, 6.07) is 3.34. The highest BCUT2D eigenvalue weighted by molar-refractivity contribution is 5.80.